The SMILES string of the molecule is NCCNC(=O)C1CN(S(=O)(=O)c2cccs2)CCN1S(=O)(=O)c1ccc(F)c(Cl)c1. The van der Waals surface area contributed by atoms with Crippen molar-refractivity contribution in [3.63, 3.8) is 0 Å². The maximum absolute atomic E-state index is 13.5. The van der Waals surface area contributed by atoms with E-state index in [4.69, 9.17) is 17.3 Å². The number of piperazine rings is 1. The van der Waals surface area contributed by atoms with Crippen molar-refractivity contribution in [1.29, 1.82) is 0 Å². The topological polar surface area (TPSA) is 130 Å². The van der Waals surface area contributed by atoms with Crippen LogP contribution in [0.4, 0.5) is 4.39 Å². The van der Waals surface area contributed by atoms with Gasteiger partial charge in [-0.1, -0.05) is 17.7 Å². The van der Waals surface area contributed by atoms with Crippen LogP contribution in [0.15, 0.2) is 44.8 Å². The summed E-state index contributed by atoms with van der Waals surface area (Å²) in [5.41, 5.74) is 5.41. The van der Waals surface area contributed by atoms with Crippen LogP contribution in [0.3, 0.4) is 0 Å². The molecule has 0 radical (unpaired) electrons. The summed E-state index contributed by atoms with van der Waals surface area (Å²) in [4.78, 5) is 12.4. The van der Waals surface area contributed by atoms with E-state index >= 15 is 0 Å². The fourth-order valence-electron chi connectivity index (χ4n) is 3.08. The normalized spacial score (nSPS) is 18.7. The van der Waals surface area contributed by atoms with E-state index in [-0.39, 0.29) is 46.9 Å². The minimum Gasteiger partial charge on any atom is -0.353 e. The summed E-state index contributed by atoms with van der Waals surface area (Å²) in [6, 6.07) is 4.59. The molecule has 0 bridgehead atoms. The number of sulfonamides is 2. The molecule has 2 heterocycles. The molecular weight excluding hydrogens is 491 g/mol. The number of halogens is 2. The molecule has 0 saturated carbocycles. The predicted octanol–water partition coefficient (Wildman–Crippen LogP) is 0.679. The Morgan fingerprint density at radius 1 is 1.23 bits per heavy atom. The minimum atomic E-state index is -4.27. The number of hydrogen-bond donors (Lipinski definition) is 2. The zero-order chi connectivity index (χ0) is 22.8. The first-order valence-corrected chi connectivity index (χ1v) is 13.2. The number of carbonyl (C=O) groups excluding carboxylic acids is 1. The van der Waals surface area contributed by atoms with Crippen molar-refractivity contribution in [3.8, 4) is 0 Å². The zero-order valence-electron chi connectivity index (χ0n) is 16.1. The molecule has 3 rings (SSSR count). The lowest BCUT2D eigenvalue weighted by Crippen LogP contribution is -2.61. The van der Waals surface area contributed by atoms with Crippen molar-refractivity contribution >= 4 is 48.9 Å². The van der Waals surface area contributed by atoms with Crippen LogP contribution in [-0.4, -0.2) is 70.1 Å². The van der Waals surface area contributed by atoms with Gasteiger partial charge in [-0.25, -0.2) is 21.2 Å². The summed E-state index contributed by atoms with van der Waals surface area (Å²) >= 11 is 6.75. The molecule has 3 N–H and O–H groups in total. The molecule has 170 valence electrons. The molecule has 31 heavy (non-hydrogen) atoms. The number of rotatable bonds is 7. The number of amides is 1. The van der Waals surface area contributed by atoms with Crippen molar-refractivity contribution < 1.29 is 26.0 Å². The molecule has 1 aromatic heterocycles. The van der Waals surface area contributed by atoms with Gasteiger partial charge in [-0.05, 0) is 29.6 Å². The number of nitrogens with one attached hydrogen (secondary N) is 1. The molecule has 1 unspecified atom stereocenters. The number of carbonyl (C=O) groups is 1. The van der Waals surface area contributed by atoms with E-state index in [2.05, 4.69) is 5.32 Å². The average molecular weight is 511 g/mol. The summed E-state index contributed by atoms with van der Waals surface area (Å²) in [5.74, 6) is -1.47. The number of nitrogens with zero attached hydrogens (tertiary/aromatic N) is 2. The van der Waals surface area contributed by atoms with Crippen molar-refractivity contribution in [2.75, 3.05) is 32.7 Å². The van der Waals surface area contributed by atoms with Crippen LogP contribution in [0.2, 0.25) is 5.02 Å². The van der Waals surface area contributed by atoms with Crippen LogP contribution in [0.1, 0.15) is 0 Å². The quantitative estimate of drug-likeness (QED) is 0.563. The highest BCUT2D eigenvalue weighted by Gasteiger charge is 2.43. The summed E-state index contributed by atoms with van der Waals surface area (Å²) < 4.78 is 67.8. The van der Waals surface area contributed by atoms with E-state index in [1.165, 1.54) is 6.07 Å². The molecule has 9 nitrogen and oxygen atoms in total. The molecule has 1 fully saturated rings. The van der Waals surface area contributed by atoms with E-state index in [1.54, 1.807) is 11.4 Å². The van der Waals surface area contributed by atoms with Crippen molar-refractivity contribution in [2.45, 2.75) is 15.1 Å². The van der Waals surface area contributed by atoms with Gasteiger partial charge in [-0.3, -0.25) is 4.79 Å². The highest BCUT2D eigenvalue weighted by molar-refractivity contribution is 7.91. The Hall–Kier alpha value is -1.61. The van der Waals surface area contributed by atoms with E-state index in [1.807, 2.05) is 0 Å². The van der Waals surface area contributed by atoms with Gasteiger partial charge in [0.05, 0.1) is 9.92 Å². The van der Waals surface area contributed by atoms with Gasteiger partial charge in [0, 0.05) is 32.7 Å². The second-order valence-corrected chi connectivity index (χ2v) is 12.0. The van der Waals surface area contributed by atoms with Gasteiger partial charge in [0.15, 0.2) is 0 Å². The van der Waals surface area contributed by atoms with Crippen LogP contribution in [0.25, 0.3) is 0 Å². The standard InChI is InChI=1S/C17H20ClFN4O5S3/c18-13-10-12(3-4-14(13)19)30(25,26)23-8-7-22(11-15(23)17(24)21-6-5-20)31(27,28)16-2-1-9-29-16/h1-4,9-10,15H,5-8,11,20H2,(H,21,24). The van der Waals surface area contributed by atoms with Gasteiger partial charge < -0.3 is 11.1 Å². The Balaban J connectivity index is 1.96. The second-order valence-electron chi connectivity index (χ2n) is 6.58. The van der Waals surface area contributed by atoms with Gasteiger partial charge in [0.1, 0.15) is 16.1 Å². The molecule has 1 amide bonds. The lowest BCUT2D eigenvalue weighted by atomic mass is 10.2. The minimum absolute atomic E-state index is 0.0866. The molecule has 0 aliphatic carbocycles. The first kappa shape index (κ1) is 24.0. The smallest absolute Gasteiger partial charge is 0.252 e. The molecular formula is C17H20ClFN4O5S3. The third-order valence-corrected chi connectivity index (χ3v) is 10.1. The Labute approximate surface area is 188 Å². The van der Waals surface area contributed by atoms with Crippen LogP contribution in [0.5, 0.6) is 0 Å². The molecule has 14 heteroatoms. The zero-order valence-corrected chi connectivity index (χ0v) is 19.3. The van der Waals surface area contributed by atoms with Gasteiger partial charge in [-0.2, -0.15) is 8.61 Å². The average Bonchev–Trinajstić information content (AvgIpc) is 3.29. The van der Waals surface area contributed by atoms with Gasteiger partial charge >= 0.3 is 0 Å². The first-order chi connectivity index (χ1) is 14.6. The summed E-state index contributed by atoms with van der Waals surface area (Å²) in [7, 11) is -8.17. The Morgan fingerprint density at radius 2 is 1.97 bits per heavy atom. The fraction of sp³-hybridized carbons (Fsp3) is 0.353. The van der Waals surface area contributed by atoms with Crippen molar-refractivity contribution in [1.82, 2.24) is 13.9 Å². The van der Waals surface area contributed by atoms with Crippen LogP contribution >= 0.6 is 22.9 Å². The molecule has 1 aromatic carbocycles. The molecule has 2 aromatic rings. The molecule has 0 spiro atoms. The van der Waals surface area contributed by atoms with Crippen LogP contribution < -0.4 is 11.1 Å². The fourth-order valence-corrected chi connectivity index (χ4v) is 7.51. The Kier molecular flexibility index (Phi) is 7.35. The highest BCUT2D eigenvalue weighted by atomic mass is 35.5. The molecule has 1 atom stereocenters. The van der Waals surface area contributed by atoms with Crippen molar-refractivity contribution in [3.05, 3.63) is 46.6 Å². The monoisotopic (exact) mass is 510 g/mol. The lowest BCUT2D eigenvalue weighted by molar-refractivity contribution is -0.125. The third-order valence-electron chi connectivity index (χ3n) is 4.63. The summed E-state index contributed by atoms with van der Waals surface area (Å²) in [6.45, 7) is -0.609. The Morgan fingerprint density at radius 3 is 2.58 bits per heavy atom. The highest BCUT2D eigenvalue weighted by Crippen LogP contribution is 2.28. The lowest BCUT2D eigenvalue weighted by Gasteiger charge is -2.38. The van der Waals surface area contributed by atoms with Gasteiger partial charge in [0.25, 0.3) is 10.0 Å². The van der Waals surface area contributed by atoms with E-state index < -0.39 is 37.8 Å². The first-order valence-electron chi connectivity index (χ1n) is 9.07. The van der Waals surface area contributed by atoms with E-state index in [0.717, 1.165) is 38.1 Å². The van der Waals surface area contributed by atoms with E-state index in [0.29, 0.717) is 0 Å². The van der Waals surface area contributed by atoms with Crippen molar-refractivity contribution in [2.24, 2.45) is 5.73 Å². The summed E-state index contributed by atoms with van der Waals surface area (Å²) in [6.07, 6.45) is 0. The number of nitrogens with two attached hydrogens (primary N) is 1. The van der Waals surface area contributed by atoms with E-state index in [9.17, 15) is 26.0 Å². The molecule has 1 saturated heterocycles. The largest absolute Gasteiger partial charge is 0.353 e. The maximum atomic E-state index is 13.5. The second kappa shape index (κ2) is 9.48. The third kappa shape index (κ3) is 4.92. The number of hydrogen-bond acceptors (Lipinski definition) is 7. The Bertz CT molecular complexity index is 1160. The summed E-state index contributed by atoms with van der Waals surface area (Å²) in [5, 5.41) is 3.73. The number of thiophene rings is 1. The predicted molar refractivity (Wildman–Crippen MR) is 114 cm³/mol. The van der Waals surface area contributed by atoms with Gasteiger partial charge in [-0.15, -0.1) is 11.3 Å². The number of benzene rings is 1. The molecule has 1 aliphatic rings. The van der Waals surface area contributed by atoms with Crippen LogP contribution in [-0.2, 0) is 24.8 Å². The maximum Gasteiger partial charge on any atom is 0.252 e. The van der Waals surface area contributed by atoms with Crippen LogP contribution in [0, 0.1) is 5.82 Å². The molecule has 1 aliphatic heterocycles. The van der Waals surface area contributed by atoms with Gasteiger partial charge in [0.2, 0.25) is 15.9 Å².